The minimum atomic E-state index is -3.24. The number of nitrogens with one attached hydrogen (secondary N) is 1. The van der Waals surface area contributed by atoms with Gasteiger partial charge in [0.25, 0.3) is 0 Å². The molecular weight excluding hydrogens is 557 g/mol. The molecule has 1 aromatic rings. The summed E-state index contributed by atoms with van der Waals surface area (Å²) in [6.07, 6.45) is 9.55. The molecule has 1 aromatic carbocycles. The Labute approximate surface area is 260 Å². The summed E-state index contributed by atoms with van der Waals surface area (Å²) in [4.78, 5) is 19.5. The highest BCUT2D eigenvalue weighted by Crippen LogP contribution is 2.53. The number of carbonyl (C=O) groups excluding carboxylic acids is 1. The third kappa shape index (κ3) is 6.10. The minimum Gasteiger partial charge on any atom is -0.372 e. The monoisotopic (exact) mass is 613 g/mol. The van der Waals surface area contributed by atoms with Crippen LogP contribution in [-0.2, 0) is 18.4 Å². The van der Waals surface area contributed by atoms with Gasteiger partial charge in [0, 0.05) is 24.2 Å². The number of hydrogen-bond donors (Lipinski definition) is 1. The van der Waals surface area contributed by atoms with Crippen LogP contribution >= 0.6 is 7.60 Å². The molecule has 2 saturated carbocycles. The summed E-state index contributed by atoms with van der Waals surface area (Å²) in [6.45, 7) is 14.3. The highest BCUT2D eigenvalue weighted by atomic mass is 31.2. The summed E-state index contributed by atoms with van der Waals surface area (Å²) in [5.41, 5.74) is 1.99. The minimum absolute atomic E-state index is 0.102. The van der Waals surface area contributed by atoms with Crippen molar-refractivity contribution in [1.82, 2.24) is 4.90 Å². The van der Waals surface area contributed by atoms with Gasteiger partial charge in [0.1, 0.15) is 6.04 Å². The molecule has 4 fully saturated rings. The van der Waals surface area contributed by atoms with Crippen molar-refractivity contribution in [2.75, 3.05) is 29.6 Å². The van der Waals surface area contributed by atoms with Crippen LogP contribution in [0.25, 0.3) is 0 Å². The zero-order valence-corrected chi connectivity index (χ0v) is 28.3. The molecule has 0 aromatic heterocycles. The Morgan fingerprint density at radius 3 is 1.98 bits per heavy atom. The Bertz CT molecular complexity index is 1150. The van der Waals surface area contributed by atoms with Gasteiger partial charge in [-0.15, -0.1) is 0 Å². The van der Waals surface area contributed by atoms with Gasteiger partial charge in [-0.05, 0) is 113 Å². The van der Waals surface area contributed by atoms with Crippen LogP contribution in [0.2, 0.25) is 0 Å². The lowest BCUT2D eigenvalue weighted by atomic mass is 9.60. The van der Waals surface area contributed by atoms with Crippen LogP contribution in [0, 0.1) is 35.5 Å². The van der Waals surface area contributed by atoms with Crippen molar-refractivity contribution in [3.05, 3.63) is 24.3 Å². The van der Waals surface area contributed by atoms with Crippen LogP contribution in [0.1, 0.15) is 92.9 Å². The van der Waals surface area contributed by atoms with E-state index in [0.717, 1.165) is 47.9 Å². The van der Waals surface area contributed by atoms with E-state index in [4.69, 9.17) is 9.05 Å². The van der Waals surface area contributed by atoms with Crippen molar-refractivity contribution < 1.29 is 18.4 Å². The maximum Gasteiger partial charge on any atom is 0.330 e. The number of nitrogens with zero attached hydrogens (tertiary/aromatic N) is 2. The molecule has 0 radical (unpaired) electrons. The third-order valence-electron chi connectivity index (χ3n) is 12.1. The fraction of sp³-hybridized carbons (Fsp3) is 0.800. The topological polar surface area (TPSA) is 71.1 Å². The van der Waals surface area contributed by atoms with Crippen LogP contribution in [0.15, 0.2) is 24.3 Å². The Hall–Kier alpha value is -1.40. The second-order valence-electron chi connectivity index (χ2n) is 14.8. The summed E-state index contributed by atoms with van der Waals surface area (Å²) >= 11 is 0. The van der Waals surface area contributed by atoms with Crippen molar-refractivity contribution in [2.45, 2.75) is 123 Å². The van der Waals surface area contributed by atoms with E-state index in [0.29, 0.717) is 49.6 Å². The van der Waals surface area contributed by atoms with Gasteiger partial charge in [0.2, 0.25) is 5.91 Å². The summed E-state index contributed by atoms with van der Waals surface area (Å²) in [5, 5.41) is 3.50. The number of para-hydroxylation sites is 2. The number of rotatable bonds is 9. The lowest BCUT2D eigenvalue weighted by Crippen LogP contribution is -2.67. The van der Waals surface area contributed by atoms with Crippen molar-refractivity contribution in [3.8, 4) is 0 Å². The van der Waals surface area contributed by atoms with Crippen LogP contribution < -0.4 is 10.2 Å². The first-order valence-electron chi connectivity index (χ1n) is 17.5. The first kappa shape index (κ1) is 31.6. The molecule has 11 atom stereocenters. The molecule has 43 heavy (non-hydrogen) atoms. The molecule has 1 unspecified atom stereocenters. The third-order valence-corrected chi connectivity index (χ3v) is 14.2. The fourth-order valence-corrected chi connectivity index (χ4v) is 11.8. The second-order valence-corrected chi connectivity index (χ2v) is 17.0. The molecule has 0 spiro atoms. The van der Waals surface area contributed by atoms with Gasteiger partial charge in [0.15, 0.2) is 0 Å². The van der Waals surface area contributed by atoms with Gasteiger partial charge in [-0.2, -0.15) is 0 Å². The Balaban J connectivity index is 1.25. The van der Waals surface area contributed by atoms with E-state index in [2.05, 4.69) is 54.9 Å². The Kier molecular flexibility index (Phi) is 9.38. The maximum atomic E-state index is 14.4. The maximum absolute atomic E-state index is 14.4. The van der Waals surface area contributed by atoms with E-state index < -0.39 is 13.6 Å². The first-order valence-corrected chi connectivity index (χ1v) is 19.2. The number of benzene rings is 1. The van der Waals surface area contributed by atoms with Gasteiger partial charge >= 0.3 is 7.60 Å². The predicted octanol–water partition coefficient (Wildman–Crippen LogP) is 7.81. The van der Waals surface area contributed by atoms with Gasteiger partial charge in [0.05, 0.1) is 30.8 Å². The smallest absolute Gasteiger partial charge is 0.330 e. The normalized spacial score (nSPS) is 39.7. The van der Waals surface area contributed by atoms with Crippen LogP contribution in [-0.4, -0.2) is 60.4 Å². The average molecular weight is 614 g/mol. The molecule has 2 aliphatic carbocycles. The Morgan fingerprint density at radius 2 is 1.37 bits per heavy atom. The summed E-state index contributed by atoms with van der Waals surface area (Å²) in [5.74, 6) is 4.77. The number of fused-ring (bicyclic) bond motifs is 5. The number of anilines is 2. The van der Waals surface area contributed by atoms with Crippen molar-refractivity contribution >= 4 is 24.9 Å². The van der Waals surface area contributed by atoms with Crippen LogP contribution in [0.5, 0.6) is 0 Å². The molecule has 7 nitrogen and oxygen atoms in total. The molecule has 3 heterocycles. The fourth-order valence-electron chi connectivity index (χ4n) is 10.1. The van der Waals surface area contributed by atoms with E-state index in [1.165, 1.54) is 32.1 Å². The van der Waals surface area contributed by atoms with Crippen LogP contribution in [0.3, 0.4) is 0 Å². The standard InChI is InChI=1S/C35H56N3O4P/c1-7-41-43(40,42-8-2)14-13-31-35(39)38(32-12-10-9-11-30(32)36-31)29-20-33-24(5)16-25(6)34(21-29)37(33)28-18-26-17-27(19-28)23(4)15-22(26)3/h9-12,22-29,31,33-34,36H,7-8,13-21H2,1-6H3/t22-,23+,24-,25+,26+,27-,28-,29+,31?,33+,34-. The lowest BCUT2D eigenvalue weighted by molar-refractivity contribution is -0.122. The zero-order chi connectivity index (χ0) is 30.5. The number of amides is 1. The highest BCUT2D eigenvalue weighted by molar-refractivity contribution is 7.53. The largest absolute Gasteiger partial charge is 0.372 e. The molecule has 1 N–H and O–H groups in total. The van der Waals surface area contributed by atoms with E-state index >= 15 is 0 Å². The van der Waals surface area contributed by atoms with Crippen molar-refractivity contribution in [2.24, 2.45) is 35.5 Å². The summed E-state index contributed by atoms with van der Waals surface area (Å²) in [7, 11) is -3.24. The average Bonchev–Trinajstić information content (AvgIpc) is 2.98. The van der Waals surface area contributed by atoms with E-state index in [1.807, 2.05) is 26.0 Å². The predicted molar refractivity (Wildman–Crippen MR) is 175 cm³/mol. The summed E-state index contributed by atoms with van der Waals surface area (Å²) in [6, 6.07) is 9.69. The molecule has 3 aliphatic heterocycles. The van der Waals surface area contributed by atoms with Crippen molar-refractivity contribution in [3.63, 3.8) is 0 Å². The lowest BCUT2D eigenvalue weighted by Gasteiger charge is -2.61. The van der Waals surface area contributed by atoms with Gasteiger partial charge in [-0.1, -0.05) is 39.8 Å². The Morgan fingerprint density at radius 1 is 0.791 bits per heavy atom. The quantitative estimate of drug-likeness (QED) is 0.287. The number of piperidine rings is 2. The van der Waals surface area contributed by atoms with Gasteiger partial charge in [-0.25, -0.2) is 0 Å². The highest BCUT2D eigenvalue weighted by Gasteiger charge is 2.52. The molecule has 6 rings (SSSR count). The zero-order valence-electron chi connectivity index (χ0n) is 27.4. The molecule has 4 bridgehead atoms. The van der Waals surface area contributed by atoms with E-state index in [1.54, 1.807) is 0 Å². The van der Waals surface area contributed by atoms with Gasteiger partial charge < -0.3 is 19.3 Å². The van der Waals surface area contributed by atoms with E-state index in [9.17, 15) is 9.36 Å². The van der Waals surface area contributed by atoms with Crippen molar-refractivity contribution in [1.29, 1.82) is 0 Å². The second kappa shape index (κ2) is 12.8. The molecule has 240 valence electrons. The molecule has 5 aliphatic rings. The molecule has 8 heteroatoms. The summed E-state index contributed by atoms with van der Waals surface area (Å²) < 4.78 is 24.4. The van der Waals surface area contributed by atoms with E-state index in [-0.39, 0.29) is 18.1 Å². The molecular formula is C35H56N3O4P. The molecule has 1 amide bonds. The first-order chi connectivity index (χ1) is 20.6. The molecule has 2 saturated heterocycles. The van der Waals surface area contributed by atoms with Crippen LogP contribution in [0.4, 0.5) is 11.4 Å². The number of hydrogen-bond acceptors (Lipinski definition) is 6. The SMILES string of the molecule is CCOP(=O)(CCC1Nc2ccccc2N([C@@H]2C[C@@H]3[C@@H](C)C[C@@H](C)[C@H](C2)N3[C@@H]2C[C@@H]3C[C@H](C2)[C@@H](C)C[C@H]3C)C1=O)OCC. The number of carbonyl (C=O) groups is 1. The van der Waals surface area contributed by atoms with Gasteiger partial charge in [-0.3, -0.25) is 14.3 Å².